The third-order valence-electron chi connectivity index (χ3n) is 3.47. The fraction of sp³-hybridized carbons (Fsp3) is 0.571. The predicted molar refractivity (Wildman–Crippen MR) is 73.9 cm³/mol. The van der Waals surface area contributed by atoms with E-state index in [1.54, 1.807) is 0 Å². The van der Waals surface area contributed by atoms with E-state index >= 15 is 0 Å². The molecule has 0 heterocycles. The molecule has 3 N–H and O–H groups in total. The smallest absolute Gasteiger partial charge is 0.304 e. The molecular weight excluding hydrogens is 267 g/mol. The largest absolute Gasteiger partial charge is 0.416 e. The van der Waals surface area contributed by atoms with E-state index in [0.29, 0.717) is 0 Å². The SMILES string of the molecule is CCN(CC)CCC(NN)c1ccc(C(F)(F)F)cc1. The molecule has 6 heteroatoms. The average molecular weight is 289 g/mol. The van der Waals surface area contributed by atoms with Crippen molar-refractivity contribution in [1.82, 2.24) is 10.3 Å². The second-order valence-corrected chi connectivity index (χ2v) is 4.65. The molecule has 0 radical (unpaired) electrons. The minimum Gasteiger partial charge on any atom is -0.304 e. The number of hydrogen-bond acceptors (Lipinski definition) is 3. The van der Waals surface area contributed by atoms with Gasteiger partial charge in [-0.3, -0.25) is 11.3 Å². The Morgan fingerprint density at radius 2 is 1.70 bits per heavy atom. The number of nitrogens with two attached hydrogens (primary N) is 1. The lowest BCUT2D eigenvalue weighted by Crippen LogP contribution is -2.32. The van der Waals surface area contributed by atoms with Gasteiger partial charge in [0.2, 0.25) is 0 Å². The normalized spacial score (nSPS) is 13.8. The molecular formula is C14H22F3N3. The Bertz CT molecular complexity index is 386. The molecule has 0 bridgehead atoms. The molecule has 0 fully saturated rings. The van der Waals surface area contributed by atoms with Crippen molar-refractivity contribution in [3.8, 4) is 0 Å². The maximum absolute atomic E-state index is 12.5. The van der Waals surface area contributed by atoms with E-state index in [0.717, 1.165) is 43.8 Å². The van der Waals surface area contributed by atoms with Gasteiger partial charge in [0, 0.05) is 6.04 Å². The molecule has 1 aromatic carbocycles. The van der Waals surface area contributed by atoms with Gasteiger partial charge in [-0.1, -0.05) is 26.0 Å². The molecule has 0 aromatic heterocycles. The molecule has 1 unspecified atom stereocenters. The third-order valence-corrected chi connectivity index (χ3v) is 3.47. The molecule has 3 nitrogen and oxygen atoms in total. The summed E-state index contributed by atoms with van der Waals surface area (Å²) in [6.07, 6.45) is -3.55. The van der Waals surface area contributed by atoms with Crippen LogP contribution in [0.15, 0.2) is 24.3 Å². The first-order valence-electron chi connectivity index (χ1n) is 6.78. The van der Waals surface area contributed by atoms with Crippen molar-refractivity contribution >= 4 is 0 Å². The number of nitrogens with zero attached hydrogens (tertiary/aromatic N) is 1. The highest BCUT2D eigenvalue weighted by Gasteiger charge is 2.30. The van der Waals surface area contributed by atoms with E-state index in [4.69, 9.17) is 5.84 Å². The zero-order valence-corrected chi connectivity index (χ0v) is 11.9. The Kier molecular flexibility index (Phi) is 6.45. The Morgan fingerprint density at radius 3 is 2.10 bits per heavy atom. The van der Waals surface area contributed by atoms with Crippen LogP contribution in [0.25, 0.3) is 0 Å². The van der Waals surface area contributed by atoms with Gasteiger partial charge in [0.15, 0.2) is 0 Å². The fourth-order valence-corrected chi connectivity index (χ4v) is 2.10. The van der Waals surface area contributed by atoms with Gasteiger partial charge in [0.05, 0.1) is 5.56 Å². The van der Waals surface area contributed by atoms with Gasteiger partial charge in [0.25, 0.3) is 0 Å². The molecule has 20 heavy (non-hydrogen) atoms. The summed E-state index contributed by atoms with van der Waals surface area (Å²) in [6, 6.07) is 5.01. The molecule has 0 amide bonds. The number of benzene rings is 1. The Morgan fingerprint density at radius 1 is 1.15 bits per heavy atom. The molecule has 1 aromatic rings. The van der Waals surface area contributed by atoms with E-state index in [1.165, 1.54) is 12.1 Å². The fourth-order valence-electron chi connectivity index (χ4n) is 2.10. The van der Waals surface area contributed by atoms with E-state index in [-0.39, 0.29) is 6.04 Å². The predicted octanol–water partition coefficient (Wildman–Crippen LogP) is 2.94. The van der Waals surface area contributed by atoms with Gasteiger partial charge in [-0.05, 0) is 43.8 Å². The van der Waals surface area contributed by atoms with E-state index in [2.05, 4.69) is 24.2 Å². The Labute approximate surface area is 117 Å². The van der Waals surface area contributed by atoms with Crippen molar-refractivity contribution in [1.29, 1.82) is 0 Å². The number of rotatable bonds is 7. The highest BCUT2D eigenvalue weighted by atomic mass is 19.4. The highest BCUT2D eigenvalue weighted by Crippen LogP contribution is 2.30. The van der Waals surface area contributed by atoms with Crippen LogP contribution in [0, 0.1) is 0 Å². The molecule has 0 aliphatic rings. The number of hydrogen-bond donors (Lipinski definition) is 2. The van der Waals surface area contributed by atoms with Crippen molar-refractivity contribution in [3.63, 3.8) is 0 Å². The monoisotopic (exact) mass is 289 g/mol. The summed E-state index contributed by atoms with van der Waals surface area (Å²) in [4.78, 5) is 2.24. The zero-order chi connectivity index (χ0) is 15.2. The van der Waals surface area contributed by atoms with Gasteiger partial charge < -0.3 is 4.90 Å². The Balaban J connectivity index is 2.70. The maximum Gasteiger partial charge on any atom is 0.416 e. The quantitative estimate of drug-likeness (QED) is 0.599. The summed E-state index contributed by atoms with van der Waals surface area (Å²) in [5, 5.41) is 0. The summed E-state index contributed by atoms with van der Waals surface area (Å²) in [5.41, 5.74) is 2.80. The molecule has 0 aliphatic carbocycles. The van der Waals surface area contributed by atoms with Gasteiger partial charge in [-0.2, -0.15) is 13.2 Å². The Hall–Kier alpha value is -1.11. The number of nitrogens with one attached hydrogen (secondary N) is 1. The van der Waals surface area contributed by atoms with E-state index < -0.39 is 11.7 Å². The van der Waals surface area contributed by atoms with Gasteiger partial charge >= 0.3 is 6.18 Å². The minimum atomic E-state index is -4.30. The van der Waals surface area contributed by atoms with E-state index in [9.17, 15) is 13.2 Å². The molecule has 0 aliphatic heterocycles. The van der Waals surface area contributed by atoms with Crippen LogP contribution in [0.1, 0.15) is 37.4 Å². The van der Waals surface area contributed by atoms with Gasteiger partial charge in [-0.15, -0.1) is 0 Å². The lowest BCUT2D eigenvalue weighted by molar-refractivity contribution is -0.137. The lowest BCUT2D eigenvalue weighted by atomic mass is 10.0. The van der Waals surface area contributed by atoms with Crippen LogP contribution in [0.2, 0.25) is 0 Å². The lowest BCUT2D eigenvalue weighted by Gasteiger charge is -2.22. The minimum absolute atomic E-state index is 0.141. The molecule has 0 spiro atoms. The van der Waals surface area contributed by atoms with Crippen molar-refractivity contribution in [2.45, 2.75) is 32.5 Å². The average Bonchev–Trinajstić information content (AvgIpc) is 2.43. The maximum atomic E-state index is 12.5. The first-order valence-corrected chi connectivity index (χ1v) is 6.78. The molecule has 114 valence electrons. The first kappa shape index (κ1) is 16.9. The molecule has 1 atom stereocenters. The topological polar surface area (TPSA) is 41.3 Å². The number of halogens is 3. The van der Waals surface area contributed by atoms with Crippen molar-refractivity contribution in [2.75, 3.05) is 19.6 Å². The number of alkyl halides is 3. The van der Waals surface area contributed by atoms with Gasteiger partial charge in [-0.25, -0.2) is 0 Å². The van der Waals surface area contributed by atoms with Crippen LogP contribution in [-0.4, -0.2) is 24.5 Å². The van der Waals surface area contributed by atoms with Crippen LogP contribution in [0.4, 0.5) is 13.2 Å². The van der Waals surface area contributed by atoms with Crippen LogP contribution >= 0.6 is 0 Å². The second-order valence-electron chi connectivity index (χ2n) is 4.65. The molecule has 0 saturated heterocycles. The van der Waals surface area contributed by atoms with Crippen LogP contribution in [-0.2, 0) is 6.18 Å². The van der Waals surface area contributed by atoms with Gasteiger partial charge in [0.1, 0.15) is 0 Å². The summed E-state index contributed by atoms with van der Waals surface area (Å²) in [7, 11) is 0. The summed E-state index contributed by atoms with van der Waals surface area (Å²) in [6.45, 7) is 6.89. The first-order chi connectivity index (χ1) is 9.42. The number of hydrazine groups is 1. The summed E-state index contributed by atoms with van der Waals surface area (Å²) >= 11 is 0. The van der Waals surface area contributed by atoms with Crippen molar-refractivity contribution in [2.24, 2.45) is 5.84 Å². The highest BCUT2D eigenvalue weighted by molar-refractivity contribution is 5.26. The molecule has 1 rings (SSSR count). The van der Waals surface area contributed by atoms with Crippen LogP contribution in [0.3, 0.4) is 0 Å². The zero-order valence-electron chi connectivity index (χ0n) is 11.9. The standard InChI is InChI=1S/C14H22F3N3/c1-3-20(4-2)10-9-13(19-18)11-5-7-12(8-6-11)14(15,16)17/h5-8,13,19H,3-4,9-10,18H2,1-2H3. The van der Waals surface area contributed by atoms with E-state index in [1.807, 2.05) is 0 Å². The van der Waals surface area contributed by atoms with Crippen molar-refractivity contribution in [3.05, 3.63) is 35.4 Å². The third kappa shape index (κ3) is 4.77. The molecule has 0 saturated carbocycles. The second kappa shape index (κ2) is 7.61. The van der Waals surface area contributed by atoms with Crippen molar-refractivity contribution < 1.29 is 13.2 Å². The van der Waals surface area contributed by atoms with Crippen LogP contribution < -0.4 is 11.3 Å². The summed E-state index contributed by atoms with van der Waals surface area (Å²) in [5.74, 6) is 5.51. The van der Waals surface area contributed by atoms with Crippen LogP contribution in [0.5, 0.6) is 0 Å². The summed E-state index contributed by atoms with van der Waals surface area (Å²) < 4.78 is 37.5.